The zero-order chi connectivity index (χ0) is 11.4. The summed E-state index contributed by atoms with van der Waals surface area (Å²) in [6, 6.07) is 6.84. The fourth-order valence-electron chi connectivity index (χ4n) is 1.14. The van der Waals surface area contributed by atoms with E-state index >= 15 is 0 Å². The van der Waals surface area contributed by atoms with Gasteiger partial charge < -0.3 is 4.74 Å². The van der Waals surface area contributed by atoms with Crippen molar-refractivity contribution >= 4 is 22.6 Å². The molecule has 82 valence electrons. The standard InChI is InChI=1S/C10H9N3O2S/c1-15-8-4-2-7(3-5-8)9(14)13-10-11-6-12-16-10/h2-6H,1H3,(H,11,12,13,14). The highest BCUT2D eigenvalue weighted by Crippen LogP contribution is 2.13. The molecular formula is C10H9N3O2S. The van der Waals surface area contributed by atoms with Gasteiger partial charge in [-0.2, -0.15) is 4.37 Å². The second-order valence-corrected chi connectivity index (χ2v) is 3.71. The van der Waals surface area contributed by atoms with Crippen molar-refractivity contribution in [3.8, 4) is 5.75 Å². The monoisotopic (exact) mass is 235 g/mol. The molecular weight excluding hydrogens is 226 g/mol. The number of rotatable bonds is 3. The Kier molecular flexibility index (Phi) is 3.11. The second-order valence-electron chi connectivity index (χ2n) is 2.93. The summed E-state index contributed by atoms with van der Waals surface area (Å²) in [6.07, 6.45) is 1.40. The van der Waals surface area contributed by atoms with E-state index in [1.165, 1.54) is 6.33 Å². The summed E-state index contributed by atoms with van der Waals surface area (Å²) in [5.41, 5.74) is 0.552. The number of nitrogens with one attached hydrogen (secondary N) is 1. The summed E-state index contributed by atoms with van der Waals surface area (Å²) in [5.74, 6) is 0.506. The van der Waals surface area contributed by atoms with Gasteiger partial charge in [0.2, 0.25) is 5.13 Å². The van der Waals surface area contributed by atoms with E-state index in [0.717, 1.165) is 11.5 Å². The summed E-state index contributed by atoms with van der Waals surface area (Å²) in [5, 5.41) is 3.13. The number of ether oxygens (including phenoxy) is 1. The Morgan fingerprint density at radius 3 is 2.69 bits per heavy atom. The van der Waals surface area contributed by atoms with E-state index in [-0.39, 0.29) is 5.91 Å². The van der Waals surface area contributed by atoms with Gasteiger partial charge in [0.1, 0.15) is 12.1 Å². The minimum Gasteiger partial charge on any atom is -0.497 e. The van der Waals surface area contributed by atoms with Crippen LogP contribution in [-0.4, -0.2) is 22.4 Å². The molecule has 0 atom stereocenters. The lowest BCUT2D eigenvalue weighted by Gasteiger charge is -2.02. The number of aromatic nitrogens is 2. The molecule has 5 nitrogen and oxygen atoms in total. The van der Waals surface area contributed by atoms with Gasteiger partial charge in [0.05, 0.1) is 7.11 Å². The van der Waals surface area contributed by atoms with E-state index in [2.05, 4.69) is 14.7 Å². The normalized spacial score (nSPS) is 9.81. The van der Waals surface area contributed by atoms with Crippen molar-refractivity contribution in [1.82, 2.24) is 9.36 Å². The van der Waals surface area contributed by atoms with Gasteiger partial charge in [-0.05, 0) is 24.3 Å². The smallest absolute Gasteiger partial charge is 0.257 e. The molecule has 1 heterocycles. The summed E-state index contributed by atoms with van der Waals surface area (Å²) in [7, 11) is 1.58. The predicted octanol–water partition coefficient (Wildman–Crippen LogP) is 1.80. The van der Waals surface area contributed by atoms with Gasteiger partial charge in [-0.15, -0.1) is 0 Å². The fraction of sp³-hybridized carbons (Fsp3) is 0.100. The van der Waals surface area contributed by atoms with Crippen molar-refractivity contribution in [2.45, 2.75) is 0 Å². The number of hydrogen-bond acceptors (Lipinski definition) is 5. The number of carbonyl (C=O) groups is 1. The van der Waals surface area contributed by atoms with Crippen LogP contribution in [-0.2, 0) is 0 Å². The molecule has 16 heavy (non-hydrogen) atoms. The first-order valence-corrected chi connectivity index (χ1v) is 5.29. The van der Waals surface area contributed by atoms with Crippen LogP contribution in [0, 0.1) is 0 Å². The van der Waals surface area contributed by atoms with Gasteiger partial charge in [0.25, 0.3) is 5.91 Å². The second kappa shape index (κ2) is 4.71. The van der Waals surface area contributed by atoms with E-state index < -0.39 is 0 Å². The van der Waals surface area contributed by atoms with Crippen LogP contribution in [0.15, 0.2) is 30.6 Å². The Bertz CT molecular complexity index is 467. The molecule has 0 unspecified atom stereocenters. The molecule has 0 aliphatic rings. The Morgan fingerprint density at radius 1 is 1.38 bits per heavy atom. The highest BCUT2D eigenvalue weighted by molar-refractivity contribution is 7.09. The zero-order valence-corrected chi connectivity index (χ0v) is 9.32. The molecule has 0 fully saturated rings. The van der Waals surface area contributed by atoms with Crippen LogP contribution in [0.2, 0.25) is 0 Å². The molecule has 0 saturated carbocycles. The zero-order valence-electron chi connectivity index (χ0n) is 8.51. The quantitative estimate of drug-likeness (QED) is 0.881. The summed E-state index contributed by atoms with van der Waals surface area (Å²) < 4.78 is 8.79. The molecule has 2 rings (SSSR count). The van der Waals surface area contributed by atoms with Crippen molar-refractivity contribution < 1.29 is 9.53 Å². The number of nitrogens with zero attached hydrogens (tertiary/aromatic N) is 2. The third-order valence-electron chi connectivity index (χ3n) is 1.93. The third-order valence-corrected chi connectivity index (χ3v) is 2.51. The highest BCUT2D eigenvalue weighted by Gasteiger charge is 2.07. The van der Waals surface area contributed by atoms with Crippen LogP contribution in [0.4, 0.5) is 5.13 Å². The van der Waals surface area contributed by atoms with E-state index in [1.54, 1.807) is 31.4 Å². The van der Waals surface area contributed by atoms with Gasteiger partial charge >= 0.3 is 0 Å². The van der Waals surface area contributed by atoms with Crippen LogP contribution < -0.4 is 10.1 Å². The van der Waals surface area contributed by atoms with E-state index in [9.17, 15) is 4.79 Å². The maximum atomic E-state index is 11.7. The maximum absolute atomic E-state index is 11.7. The minimum atomic E-state index is -0.209. The number of hydrogen-bond donors (Lipinski definition) is 1. The minimum absolute atomic E-state index is 0.209. The summed E-state index contributed by atoms with van der Waals surface area (Å²) in [6.45, 7) is 0. The first kappa shape index (κ1) is 10.6. The summed E-state index contributed by atoms with van der Waals surface area (Å²) >= 11 is 1.14. The van der Waals surface area contributed by atoms with Crippen molar-refractivity contribution in [3.63, 3.8) is 0 Å². The van der Waals surface area contributed by atoms with Crippen molar-refractivity contribution in [3.05, 3.63) is 36.2 Å². The molecule has 2 aromatic rings. The molecule has 0 aliphatic carbocycles. The van der Waals surface area contributed by atoms with Crippen LogP contribution in [0.25, 0.3) is 0 Å². The van der Waals surface area contributed by atoms with Crippen LogP contribution in [0.1, 0.15) is 10.4 Å². The first-order valence-electron chi connectivity index (χ1n) is 4.51. The molecule has 0 aliphatic heterocycles. The fourth-order valence-corrected chi connectivity index (χ4v) is 1.57. The van der Waals surface area contributed by atoms with Crippen LogP contribution >= 0.6 is 11.5 Å². The van der Waals surface area contributed by atoms with E-state index in [1.807, 2.05) is 0 Å². The number of anilines is 1. The van der Waals surface area contributed by atoms with Gasteiger partial charge in [0.15, 0.2) is 0 Å². The Hall–Kier alpha value is -1.95. The van der Waals surface area contributed by atoms with Gasteiger partial charge in [0, 0.05) is 17.1 Å². The maximum Gasteiger partial charge on any atom is 0.257 e. The summed E-state index contributed by atoms with van der Waals surface area (Å²) in [4.78, 5) is 15.6. The van der Waals surface area contributed by atoms with Crippen LogP contribution in [0.5, 0.6) is 5.75 Å². The highest BCUT2D eigenvalue weighted by atomic mass is 32.1. The largest absolute Gasteiger partial charge is 0.497 e. The molecule has 0 saturated heterocycles. The molecule has 6 heteroatoms. The van der Waals surface area contributed by atoms with Crippen molar-refractivity contribution in [2.24, 2.45) is 0 Å². The Labute approximate surface area is 96.3 Å². The predicted molar refractivity (Wildman–Crippen MR) is 60.9 cm³/mol. The lowest BCUT2D eigenvalue weighted by molar-refractivity contribution is 0.102. The van der Waals surface area contributed by atoms with Crippen LogP contribution in [0.3, 0.4) is 0 Å². The molecule has 1 amide bonds. The number of carbonyl (C=O) groups excluding carboxylic acids is 1. The lowest BCUT2D eigenvalue weighted by atomic mass is 10.2. The topological polar surface area (TPSA) is 64.1 Å². The average Bonchev–Trinajstić information content (AvgIpc) is 2.82. The van der Waals surface area contributed by atoms with E-state index in [0.29, 0.717) is 16.4 Å². The molecule has 1 aromatic carbocycles. The lowest BCUT2D eigenvalue weighted by Crippen LogP contribution is -2.11. The number of amides is 1. The molecule has 0 spiro atoms. The first-order chi connectivity index (χ1) is 7.79. The third kappa shape index (κ3) is 2.34. The Morgan fingerprint density at radius 2 is 2.12 bits per heavy atom. The number of methoxy groups -OCH3 is 1. The van der Waals surface area contributed by atoms with Crippen molar-refractivity contribution in [1.29, 1.82) is 0 Å². The van der Waals surface area contributed by atoms with Gasteiger partial charge in [-0.3, -0.25) is 10.1 Å². The van der Waals surface area contributed by atoms with Gasteiger partial charge in [-0.1, -0.05) is 0 Å². The molecule has 0 radical (unpaired) electrons. The molecule has 1 aromatic heterocycles. The molecule has 1 N–H and O–H groups in total. The van der Waals surface area contributed by atoms with Gasteiger partial charge in [-0.25, -0.2) is 4.98 Å². The number of benzene rings is 1. The Balaban J connectivity index is 2.09. The average molecular weight is 235 g/mol. The molecule has 0 bridgehead atoms. The van der Waals surface area contributed by atoms with Crippen molar-refractivity contribution in [2.75, 3.05) is 12.4 Å². The van der Waals surface area contributed by atoms with E-state index in [4.69, 9.17) is 4.74 Å². The SMILES string of the molecule is COc1ccc(C(=O)Nc2ncns2)cc1.